The molecular formula is C17H22N2O. The average Bonchev–Trinajstić information content (AvgIpc) is 2.46. The van der Waals surface area contributed by atoms with Crippen molar-refractivity contribution < 1.29 is 4.79 Å². The molecule has 0 spiro atoms. The SMILES string of the molecule is CCC(C)NC(=O)NC(C)c1cccc2ccccc12. The molecule has 0 bridgehead atoms. The first-order chi connectivity index (χ1) is 9.61. The maximum Gasteiger partial charge on any atom is 0.315 e. The number of carbonyl (C=O) groups is 1. The number of amides is 2. The van der Waals surface area contributed by atoms with E-state index in [1.807, 2.05) is 32.0 Å². The Bertz CT molecular complexity index is 589. The zero-order chi connectivity index (χ0) is 14.5. The molecule has 2 amide bonds. The monoisotopic (exact) mass is 270 g/mol. The minimum Gasteiger partial charge on any atom is -0.336 e. The van der Waals surface area contributed by atoms with Gasteiger partial charge < -0.3 is 10.6 Å². The Morgan fingerprint density at radius 1 is 1.05 bits per heavy atom. The first-order valence-electron chi connectivity index (χ1n) is 7.16. The van der Waals surface area contributed by atoms with Crippen LogP contribution in [0.2, 0.25) is 0 Å². The van der Waals surface area contributed by atoms with Gasteiger partial charge in [0.2, 0.25) is 0 Å². The van der Waals surface area contributed by atoms with Crippen molar-refractivity contribution in [1.29, 1.82) is 0 Å². The van der Waals surface area contributed by atoms with Crippen molar-refractivity contribution in [3.05, 3.63) is 48.0 Å². The van der Waals surface area contributed by atoms with E-state index in [9.17, 15) is 4.79 Å². The summed E-state index contributed by atoms with van der Waals surface area (Å²) < 4.78 is 0. The van der Waals surface area contributed by atoms with Crippen molar-refractivity contribution in [3.63, 3.8) is 0 Å². The maximum absolute atomic E-state index is 11.9. The summed E-state index contributed by atoms with van der Waals surface area (Å²) in [7, 11) is 0. The zero-order valence-electron chi connectivity index (χ0n) is 12.3. The summed E-state index contributed by atoms with van der Waals surface area (Å²) in [4.78, 5) is 11.9. The van der Waals surface area contributed by atoms with Gasteiger partial charge in [0.05, 0.1) is 6.04 Å². The summed E-state index contributed by atoms with van der Waals surface area (Å²) in [5, 5.41) is 8.31. The van der Waals surface area contributed by atoms with Gasteiger partial charge in [-0.1, -0.05) is 49.4 Å². The molecule has 20 heavy (non-hydrogen) atoms. The van der Waals surface area contributed by atoms with Crippen LogP contribution in [0.15, 0.2) is 42.5 Å². The molecule has 0 aromatic heterocycles. The highest BCUT2D eigenvalue weighted by atomic mass is 16.2. The smallest absolute Gasteiger partial charge is 0.315 e. The standard InChI is InChI=1S/C17H22N2O/c1-4-12(2)18-17(20)19-13(3)15-11-7-9-14-8-5-6-10-16(14)15/h5-13H,4H2,1-3H3,(H2,18,19,20). The summed E-state index contributed by atoms with van der Waals surface area (Å²) in [5.41, 5.74) is 1.14. The number of hydrogen-bond acceptors (Lipinski definition) is 1. The van der Waals surface area contributed by atoms with Crippen LogP contribution in [-0.4, -0.2) is 12.1 Å². The molecule has 2 unspecified atom stereocenters. The quantitative estimate of drug-likeness (QED) is 0.866. The Kier molecular flexibility index (Phi) is 4.61. The van der Waals surface area contributed by atoms with Crippen LogP contribution in [0.1, 0.15) is 38.8 Å². The Labute approximate surface area is 120 Å². The van der Waals surface area contributed by atoms with Gasteiger partial charge in [-0.15, -0.1) is 0 Å². The van der Waals surface area contributed by atoms with Gasteiger partial charge in [0, 0.05) is 6.04 Å². The second kappa shape index (κ2) is 6.42. The van der Waals surface area contributed by atoms with Gasteiger partial charge >= 0.3 is 6.03 Å². The van der Waals surface area contributed by atoms with E-state index in [1.165, 1.54) is 10.8 Å². The number of rotatable bonds is 4. The van der Waals surface area contributed by atoms with Crippen molar-refractivity contribution in [2.24, 2.45) is 0 Å². The van der Waals surface area contributed by atoms with Crippen molar-refractivity contribution in [1.82, 2.24) is 10.6 Å². The lowest BCUT2D eigenvalue weighted by Crippen LogP contribution is -2.41. The zero-order valence-corrected chi connectivity index (χ0v) is 12.3. The van der Waals surface area contributed by atoms with E-state index in [-0.39, 0.29) is 18.1 Å². The highest BCUT2D eigenvalue weighted by Gasteiger charge is 2.12. The van der Waals surface area contributed by atoms with Crippen molar-refractivity contribution in [2.75, 3.05) is 0 Å². The van der Waals surface area contributed by atoms with E-state index in [2.05, 4.69) is 41.8 Å². The van der Waals surface area contributed by atoms with Crippen LogP contribution in [0.3, 0.4) is 0 Å². The van der Waals surface area contributed by atoms with Crippen LogP contribution < -0.4 is 10.6 Å². The molecule has 2 aromatic rings. The molecule has 2 aromatic carbocycles. The predicted molar refractivity (Wildman–Crippen MR) is 83.8 cm³/mol. The van der Waals surface area contributed by atoms with E-state index in [0.717, 1.165) is 12.0 Å². The largest absolute Gasteiger partial charge is 0.336 e. The van der Waals surface area contributed by atoms with E-state index in [0.29, 0.717) is 0 Å². The lowest BCUT2D eigenvalue weighted by molar-refractivity contribution is 0.234. The van der Waals surface area contributed by atoms with Gasteiger partial charge in [0.25, 0.3) is 0 Å². The molecule has 3 heteroatoms. The number of nitrogens with one attached hydrogen (secondary N) is 2. The van der Waals surface area contributed by atoms with Gasteiger partial charge in [-0.2, -0.15) is 0 Å². The number of hydrogen-bond donors (Lipinski definition) is 2. The molecule has 3 nitrogen and oxygen atoms in total. The molecule has 0 aliphatic heterocycles. The molecule has 2 atom stereocenters. The predicted octanol–water partition coefficient (Wildman–Crippen LogP) is 4.00. The molecule has 106 valence electrons. The van der Waals surface area contributed by atoms with Crippen LogP contribution >= 0.6 is 0 Å². The van der Waals surface area contributed by atoms with Gasteiger partial charge in [-0.25, -0.2) is 4.79 Å². The summed E-state index contributed by atoms with van der Waals surface area (Å²) in [6.07, 6.45) is 0.927. The first kappa shape index (κ1) is 14.4. The maximum atomic E-state index is 11.9. The van der Waals surface area contributed by atoms with E-state index < -0.39 is 0 Å². The fourth-order valence-corrected chi connectivity index (χ4v) is 2.27. The fourth-order valence-electron chi connectivity index (χ4n) is 2.27. The first-order valence-corrected chi connectivity index (χ1v) is 7.16. The summed E-state index contributed by atoms with van der Waals surface area (Å²) in [6, 6.07) is 14.5. The van der Waals surface area contributed by atoms with Crippen molar-refractivity contribution >= 4 is 16.8 Å². The minimum atomic E-state index is -0.111. The Balaban J connectivity index is 2.15. The third-order valence-corrected chi connectivity index (χ3v) is 3.63. The van der Waals surface area contributed by atoms with Crippen LogP contribution in [-0.2, 0) is 0 Å². The lowest BCUT2D eigenvalue weighted by atomic mass is 10.00. The Morgan fingerprint density at radius 2 is 1.75 bits per heavy atom. The molecule has 0 aliphatic carbocycles. The van der Waals surface area contributed by atoms with Gasteiger partial charge in [-0.3, -0.25) is 0 Å². The summed E-state index contributed by atoms with van der Waals surface area (Å²) in [6.45, 7) is 6.07. The highest BCUT2D eigenvalue weighted by molar-refractivity contribution is 5.86. The molecule has 0 fully saturated rings. The van der Waals surface area contributed by atoms with Crippen LogP contribution in [0.5, 0.6) is 0 Å². The van der Waals surface area contributed by atoms with E-state index in [4.69, 9.17) is 0 Å². The average molecular weight is 270 g/mol. The second-order valence-electron chi connectivity index (χ2n) is 5.22. The topological polar surface area (TPSA) is 41.1 Å². The highest BCUT2D eigenvalue weighted by Crippen LogP contribution is 2.23. The van der Waals surface area contributed by atoms with Crippen molar-refractivity contribution in [2.45, 2.75) is 39.3 Å². The van der Waals surface area contributed by atoms with Crippen LogP contribution in [0.25, 0.3) is 10.8 Å². The third kappa shape index (κ3) is 3.29. The molecular weight excluding hydrogens is 248 g/mol. The molecule has 0 saturated carbocycles. The third-order valence-electron chi connectivity index (χ3n) is 3.63. The number of fused-ring (bicyclic) bond motifs is 1. The molecule has 0 radical (unpaired) electrons. The Morgan fingerprint density at radius 3 is 2.50 bits per heavy atom. The lowest BCUT2D eigenvalue weighted by Gasteiger charge is -2.19. The van der Waals surface area contributed by atoms with Crippen LogP contribution in [0.4, 0.5) is 4.79 Å². The normalized spacial score (nSPS) is 13.8. The van der Waals surface area contributed by atoms with E-state index >= 15 is 0 Å². The molecule has 2 N–H and O–H groups in total. The summed E-state index contributed by atoms with van der Waals surface area (Å²) in [5.74, 6) is 0. The Hall–Kier alpha value is -2.03. The van der Waals surface area contributed by atoms with Gasteiger partial charge in [-0.05, 0) is 36.6 Å². The minimum absolute atomic E-state index is 0.0230. The van der Waals surface area contributed by atoms with Gasteiger partial charge in [0.15, 0.2) is 0 Å². The number of benzene rings is 2. The fraction of sp³-hybridized carbons (Fsp3) is 0.353. The number of urea groups is 1. The molecule has 0 aliphatic rings. The van der Waals surface area contributed by atoms with Crippen molar-refractivity contribution in [3.8, 4) is 0 Å². The summed E-state index contributed by atoms with van der Waals surface area (Å²) >= 11 is 0. The molecule has 0 saturated heterocycles. The van der Waals surface area contributed by atoms with E-state index in [1.54, 1.807) is 0 Å². The second-order valence-corrected chi connectivity index (χ2v) is 5.22. The molecule has 0 heterocycles. The van der Waals surface area contributed by atoms with Crippen LogP contribution in [0, 0.1) is 0 Å². The molecule has 2 rings (SSSR count). The van der Waals surface area contributed by atoms with Gasteiger partial charge in [0.1, 0.15) is 0 Å². The number of carbonyl (C=O) groups excluding carboxylic acids is 1.